The fourth-order valence-corrected chi connectivity index (χ4v) is 4.57. The van der Waals surface area contributed by atoms with Crippen LogP contribution in [0.4, 0.5) is 0 Å². The summed E-state index contributed by atoms with van der Waals surface area (Å²) in [6.07, 6.45) is 32.1. The quantitative estimate of drug-likeness (QED) is 0.278. The molecule has 0 fully saturated rings. The topological polar surface area (TPSA) is 17.8 Å². The molecule has 0 spiro atoms. The van der Waals surface area contributed by atoms with E-state index in [4.69, 9.17) is 4.98 Å². The van der Waals surface area contributed by atoms with E-state index in [2.05, 4.69) is 55.8 Å². The maximum absolute atomic E-state index is 4.88. The average Bonchev–Trinajstić information content (AvgIpc) is 3.22. The molecule has 0 bridgehead atoms. The molecule has 1 aromatic heterocycles. The molecule has 2 unspecified atom stereocenters. The number of hydrogen-bond donors (Lipinski definition) is 0. The zero-order valence-corrected chi connectivity index (χ0v) is 18.8. The zero-order chi connectivity index (χ0) is 20.1. The van der Waals surface area contributed by atoms with Crippen molar-refractivity contribution in [1.29, 1.82) is 0 Å². The maximum Gasteiger partial charge on any atom is 0.119 e. The van der Waals surface area contributed by atoms with Gasteiger partial charge in [-0.2, -0.15) is 0 Å². The van der Waals surface area contributed by atoms with E-state index in [0.29, 0.717) is 6.04 Å². The van der Waals surface area contributed by atoms with Crippen molar-refractivity contribution in [3.8, 4) is 0 Å². The molecule has 0 aliphatic heterocycles. The van der Waals surface area contributed by atoms with Gasteiger partial charge in [-0.25, -0.2) is 4.98 Å². The molecule has 2 heteroatoms. The fourth-order valence-electron chi connectivity index (χ4n) is 4.57. The summed E-state index contributed by atoms with van der Waals surface area (Å²) in [4.78, 5) is 4.88. The van der Waals surface area contributed by atoms with Crippen LogP contribution < -0.4 is 0 Å². The van der Waals surface area contributed by atoms with Crippen LogP contribution in [0.1, 0.15) is 123 Å². The van der Waals surface area contributed by atoms with Gasteiger partial charge in [0.15, 0.2) is 0 Å². The molecule has 0 saturated heterocycles. The Bertz CT molecular complexity index is 583. The van der Waals surface area contributed by atoms with Gasteiger partial charge in [-0.05, 0) is 26.2 Å². The summed E-state index contributed by atoms with van der Waals surface area (Å²) in [7, 11) is 0. The van der Waals surface area contributed by atoms with Crippen molar-refractivity contribution in [3.63, 3.8) is 0 Å². The molecule has 158 valence electrons. The molecule has 0 aromatic carbocycles. The summed E-state index contributed by atoms with van der Waals surface area (Å²) in [6.45, 7) is 6.93. The third-order valence-electron chi connectivity index (χ3n) is 6.44. The molecule has 2 nitrogen and oxygen atoms in total. The monoisotopic (exact) mass is 384 g/mol. The maximum atomic E-state index is 4.88. The van der Waals surface area contributed by atoms with E-state index in [-0.39, 0.29) is 5.41 Å². The van der Waals surface area contributed by atoms with Crippen molar-refractivity contribution < 1.29 is 0 Å². The second-order valence-electron chi connectivity index (χ2n) is 8.88. The van der Waals surface area contributed by atoms with Crippen molar-refractivity contribution in [2.45, 2.75) is 122 Å². The molecule has 0 amide bonds. The Balaban J connectivity index is 1.88. The number of nitrogens with zero attached hydrogens (tertiary/aromatic N) is 2. The van der Waals surface area contributed by atoms with Crippen LogP contribution in [0.3, 0.4) is 0 Å². The van der Waals surface area contributed by atoms with E-state index < -0.39 is 0 Å². The van der Waals surface area contributed by atoms with Crippen LogP contribution in [0.15, 0.2) is 36.7 Å². The van der Waals surface area contributed by atoms with Crippen molar-refractivity contribution in [2.24, 2.45) is 0 Å². The van der Waals surface area contributed by atoms with Gasteiger partial charge >= 0.3 is 0 Å². The second-order valence-corrected chi connectivity index (χ2v) is 8.88. The van der Waals surface area contributed by atoms with Crippen LogP contribution in [0.25, 0.3) is 0 Å². The van der Waals surface area contributed by atoms with E-state index in [1.807, 2.05) is 6.20 Å². The van der Waals surface area contributed by atoms with Gasteiger partial charge in [0.05, 0.1) is 5.41 Å². The number of allylic oxidation sites excluding steroid dienone is 4. The van der Waals surface area contributed by atoms with Crippen LogP contribution in [0, 0.1) is 0 Å². The fraction of sp³-hybridized carbons (Fsp3) is 0.731. The third-order valence-corrected chi connectivity index (χ3v) is 6.44. The number of rotatable bonds is 15. The Hall–Kier alpha value is -1.31. The SMILES string of the molecule is CCCCCCCCCCCC1(c2nccn2C(C)CCCC)C=CC=CC1. The lowest BCUT2D eigenvalue weighted by Crippen LogP contribution is -2.29. The van der Waals surface area contributed by atoms with Crippen molar-refractivity contribution >= 4 is 0 Å². The first-order chi connectivity index (χ1) is 13.7. The minimum Gasteiger partial charge on any atom is -0.331 e. The summed E-state index contributed by atoms with van der Waals surface area (Å²) in [5.41, 5.74) is 0.0971. The highest BCUT2D eigenvalue weighted by Crippen LogP contribution is 2.38. The van der Waals surface area contributed by atoms with E-state index >= 15 is 0 Å². The number of hydrogen-bond acceptors (Lipinski definition) is 1. The van der Waals surface area contributed by atoms with Crippen LogP contribution in [-0.2, 0) is 5.41 Å². The lowest BCUT2D eigenvalue weighted by Gasteiger charge is -2.33. The first-order valence-corrected chi connectivity index (χ1v) is 12.1. The predicted octanol–water partition coefficient (Wildman–Crippen LogP) is 8.31. The molecule has 1 heterocycles. The highest BCUT2D eigenvalue weighted by Gasteiger charge is 2.33. The largest absolute Gasteiger partial charge is 0.331 e. The molecule has 1 aromatic rings. The van der Waals surface area contributed by atoms with Gasteiger partial charge in [-0.3, -0.25) is 0 Å². The molecule has 0 N–H and O–H groups in total. The normalized spacial score (nSPS) is 20.0. The van der Waals surface area contributed by atoms with Crippen LogP contribution in [0.5, 0.6) is 0 Å². The van der Waals surface area contributed by atoms with Gasteiger partial charge in [0.25, 0.3) is 0 Å². The molecule has 1 aliphatic carbocycles. The molecule has 0 radical (unpaired) electrons. The average molecular weight is 385 g/mol. The molecule has 1 aliphatic rings. The zero-order valence-electron chi connectivity index (χ0n) is 18.8. The van der Waals surface area contributed by atoms with Gasteiger partial charge in [0.1, 0.15) is 5.82 Å². The standard InChI is InChI=1S/C26H44N2/c1-4-6-8-9-10-11-12-13-15-19-26(20-16-14-17-21-26)25-27-22-23-28(25)24(3)18-7-5-2/h14,16-17,20,22-24H,4-13,15,18-19,21H2,1-3H3. The Morgan fingerprint density at radius 1 is 0.929 bits per heavy atom. The molecular weight excluding hydrogens is 340 g/mol. The summed E-state index contributed by atoms with van der Waals surface area (Å²) in [5, 5.41) is 0. The lowest BCUT2D eigenvalue weighted by molar-refractivity contribution is 0.382. The van der Waals surface area contributed by atoms with Gasteiger partial charge in [-0.1, -0.05) is 109 Å². The van der Waals surface area contributed by atoms with E-state index in [0.717, 1.165) is 6.42 Å². The lowest BCUT2D eigenvalue weighted by atomic mass is 9.76. The first-order valence-electron chi connectivity index (χ1n) is 12.1. The van der Waals surface area contributed by atoms with Gasteiger partial charge in [0, 0.05) is 18.4 Å². The Labute approximate surface area is 174 Å². The van der Waals surface area contributed by atoms with Crippen LogP contribution in [0.2, 0.25) is 0 Å². The molecule has 2 atom stereocenters. The molecule has 2 rings (SSSR count). The van der Waals surface area contributed by atoms with Crippen molar-refractivity contribution in [3.05, 3.63) is 42.5 Å². The minimum absolute atomic E-state index is 0.0971. The van der Waals surface area contributed by atoms with Gasteiger partial charge in [-0.15, -0.1) is 0 Å². The Morgan fingerprint density at radius 2 is 1.61 bits per heavy atom. The highest BCUT2D eigenvalue weighted by molar-refractivity contribution is 5.29. The molecular formula is C26H44N2. The molecule has 0 saturated carbocycles. The van der Waals surface area contributed by atoms with Crippen LogP contribution >= 0.6 is 0 Å². The summed E-state index contributed by atoms with van der Waals surface area (Å²) < 4.78 is 2.47. The van der Waals surface area contributed by atoms with E-state index in [1.54, 1.807) is 0 Å². The first kappa shape index (κ1) is 23.0. The minimum atomic E-state index is 0.0971. The molecule has 28 heavy (non-hydrogen) atoms. The Kier molecular flexibility index (Phi) is 10.7. The summed E-state index contributed by atoms with van der Waals surface area (Å²) >= 11 is 0. The van der Waals surface area contributed by atoms with Gasteiger partial charge < -0.3 is 4.57 Å². The number of imidazole rings is 1. The van der Waals surface area contributed by atoms with Crippen molar-refractivity contribution in [2.75, 3.05) is 0 Å². The second kappa shape index (κ2) is 13.0. The Morgan fingerprint density at radius 3 is 2.25 bits per heavy atom. The number of aromatic nitrogens is 2. The van der Waals surface area contributed by atoms with Crippen molar-refractivity contribution in [1.82, 2.24) is 9.55 Å². The third kappa shape index (κ3) is 6.94. The summed E-state index contributed by atoms with van der Waals surface area (Å²) in [6, 6.07) is 0.539. The smallest absolute Gasteiger partial charge is 0.119 e. The predicted molar refractivity (Wildman–Crippen MR) is 123 cm³/mol. The van der Waals surface area contributed by atoms with Crippen LogP contribution in [-0.4, -0.2) is 9.55 Å². The number of unbranched alkanes of at least 4 members (excludes halogenated alkanes) is 9. The summed E-state index contributed by atoms with van der Waals surface area (Å²) in [5.74, 6) is 1.29. The van der Waals surface area contributed by atoms with E-state index in [9.17, 15) is 0 Å². The highest BCUT2D eigenvalue weighted by atomic mass is 15.1. The van der Waals surface area contributed by atoms with Gasteiger partial charge in [0.2, 0.25) is 0 Å². The van der Waals surface area contributed by atoms with E-state index in [1.165, 1.54) is 89.3 Å².